The van der Waals surface area contributed by atoms with Crippen molar-refractivity contribution in [3.8, 4) is 11.4 Å². The van der Waals surface area contributed by atoms with Gasteiger partial charge < -0.3 is 20.7 Å². The molecule has 1 aliphatic rings. The molecule has 0 spiro atoms. The summed E-state index contributed by atoms with van der Waals surface area (Å²) in [4.78, 5) is 26.9. The van der Waals surface area contributed by atoms with Gasteiger partial charge in [-0.05, 0) is 44.0 Å². The molecule has 0 bridgehead atoms. The number of benzene rings is 1. The first-order valence-corrected chi connectivity index (χ1v) is 9.39. The molecule has 3 N–H and O–H groups in total. The summed E-state index contributed by atoms with van der Waals surface area (Å²) in [5.41, 5.74) is 7.19. The van der Waals surface area contributed by atoms with Gasteiger partial charge in [-0.15, -0.1) is 5.10 Å². The van der Waals surface area contributed by atoms with E-state index in [9.17, 15) is 9.59 Å². The number of nitrogens with one attached hydrogen (secondary N) is 1. The molecule has 0 aliphatic carbocycles. The maximum absolute atomic E-state index is 13.0. The molecule has 0 radical (unpaired) electrons. The van der Waals surface area contributed by atoms with Crippen molar-refractivity contribution in [2.45, 2.75) is 19.8 Å². The molecule has 2 heterocycles. The van der Waals surface area contributed by atoms with Crippen molar-refractivity contribution in [3.05, 3.63) is 35.7 Å². The average Bonchev–Trinajstić information content (AvgIpc) is 3.12. The van der Waals surface area contributed by atoms with E-state index in [0.29, 0.717) is 37.6 Å². The van der Waals surface area contributed by atoms with Gasteiger partial charge in [-0.1, -0.05) is 5.21 Å². The van der Waals surface area contributed by atoms with E-state index in [1.807, 2.05) is 31.2 Å². The lowest BCUT2D eigenvalue weighted by atomic mass is 9.96. The second-order valence-electron chi connectivity index (χ2n) is 6.80. The highest BCUT2D eigenvalue weighted by Crippen LogP contribution is 2.21. The standard InChI is InChI=1S/C19H26N6O3/c1-13-17(22-23-25(13)15-5-7-16(28-2)8-6-15)19(27)24-11-3-4-14(12-24)18(26)21-10-9-20/h5-8,14H,3-4,9-12,20H2,1-2H3,(H,21,26). The first kappa shape index (κ1) is 19.8. The van der Waals surface area contributed by atoms with E-state index in [4.69, 9.17) is 10.5 Å². The highest BCUT2D eigenvalue weighted by atomic mass is 16.5. The summed E-state index contributed by atoms with van der Waals surface area (Å²) in [5, 5.41) is 11.0. The summed E-state index contributed by atoms with van der Waals surface area (Å²) in [6.45, 7) is 3.64. The zero-order valence-electron chi connectivity index (χ0n) is 16.2. The Labute approximate surface area is 163 Å². The monoisotopic (exact) mass is 386 g/mol. The Kier molecular flexibility index (Phi) is 6.25. The number of likely N-dealkylation sites (tertiary alicyclic amines) is 1. The number of nitrogens with zero attached hydrogens (tertiary/aromatic N) is 4. The molecule has 1 unspecified atom stereocenters. The maximum Gasteiger partial charge on any atom is 0.276 e. The lowest BCUT2D eigenvalue weighted by molar-refractivity contribution is -0.126. The Balaban J connectivity index is 1.73. The van der Waals surface area contributed by atoms with Gasteiger partial charge in [-0.3, -0.25) is 9.59 Å². The van der Waals surface area contributed by atoms with Gasteiger partial charge in [-0.2, -0.15) is 0 Å². The third-order valence-corrected chi connectivity index (χ3v) is 4.94. The minimum atomic E-state index is -0.221. The van der Waals surface area contributed by atoms with Crippen molar-refractivity contribution >= 4 is 11.8 Å². The number of hydrogen-bond acceptors (Lipinski definition) is 6. The number of aromatic nitrogens is 3. The number of rotatable bonds is 6. The van der Waals surface area contributed by atoms with Crippen molar-refractivity contribution in [2.24, 2.45) is 11.7 Å². The predicted molar refractivity (Wildman–Crippen MR) is 103 cm³/mol. The molecule has 1 fully saturated rings. The number of amides is 2. The van der Waals surface area contributed by atoms with E-state index >= 15 is 0 Å². The summed E-state index contributed by atoms with van der Waals surface area (Å²) in [6, 6.07) is 7.36. The molecule has 0 saturated carbocycles. The largest absolute Gasteiger partial charge is 0.497 e. The highest BCUT2D eigenvalue weighted by molar-refractivity contribution is 5.94. The lowest BCUT2D eigenvalue weighted by Crippen LogP contribution is -2.46. The van der Waals surface area contributed by atoms with Crippen LogP contribution in [0.3, 0.4) is 0 Å². The van der Waals surface area contributed by atoms with Gasteiger partial charge in [0.25, 0.3) is 5.91 Å². The van der Waals surface area contributed by atoms with Crippen LogP contribution in [0.1, 0.15) is 29.0 Å². The number of methoxy groups -OCH3 is 1. The van der Waals surface area contributed by atoms with E-state index in [0.717, 1.165) is 24.3 Å². The van der Waals surface area contributed by atoms with Gasteiger partial charge in [0.15, 0.2) is 5.69 Å². The molecular formula is C19H26N6O3. The molecule has 150 valence electrons. The first-order chi connectivity index (χ1) is 13.5. The van der Waals surface area contributed by atoms with Crippen LogP contribution in [-0.4, -0.2) is 65.0 Å². The van der Waals surface area contributed by atoms with Gasteiger partial charge in [0.2, 0.25) is 5.91 Å². The molecule has 2 aromatic rings. The Morgan fingerprint density at radius 3 is 2.75 bits per heavy atom. The van der Waals surface area contributed by atoms with Gasteiger partial charge in [0, 0.05) is 26.2 Å². The second kappa shape index (κ2) is 8.83. The fraction of sp³-hybridized carbons (Fsp3) is 0.474. The van der Waals surface area contributed by atoms with Crippen molar-refractivity contribution in [1.29, 1.82) is 0 Å². The zero-order chi connectivity index (χ0) is 20.1. The van der Waals surface area contributed by atoms with Crippen LogP contribution in [0.25, 0.3) is 5.69 Å². The van der Waals surface area contributed by atoms with Crippen LogP contribution < -0.4 is 15.8 Å². The summed E-state index contributed by atoms with van der Waals surface area (Å²) in [5.74, 6) is 0.265. The Bertz CT molecular complexity index is 833. The predicted octanol–water partition coefficient (Wildman–Crippen LogP) is 0.511. The number of carbonyl (C=O) groups is 2. The van der Waals surface area contributed by atoms with Crippen LogP contribution in [0.2, 0.25) is 0 Å². The summed E-state index contributed by atoms with van der Waals surface area (Å²) in [6.07, 6.45) is 1.54. The quantitative estimate of drug-likeness (QED) is 0.747. The van der Waals surface area contributed by atoms with E-state index in [1.54, 1.807) is 16.7 Å². The molecule has 1 saturated heterocycles. The molecule has 1 aromatic carbocycles. The Hall–Kier alpha value is -2.94. The topological polar surface area (TPSA) is 115 Å². The van der Waals surface area contributed by atoms with E-state index < -0.39 is 0 Å². The SMILES string of the molecule is COc1ccc(-n2nnc(C(=O)N3CCCC(C(=O)NCCN)C3)c2C)cc1. The van der Waals surface area contributed by atoms with Crippen LogP contribution in [-0.2, 0) is 4.79 Å². The van der Waals surface area contributed by atoms with E-state index in [-0.39, 0.29) is 17.7 Å². The molecule has 9 nitrogen and oxygen atoms in total. The zero-order valence-corrected chi connectivity index (χ0v) is 16.2. The summed E-state index contributed by atoms with van der Waals surface area (Å²) >= 11 is 0. The van der Waals surface area contributed by atoms with Crippen LogP contribution >= 0.6 is 0 Å². The third kappa shape index (κ3) is 4.14. The summed E-state index contributed by atoms with van der Waals surface area (Å²) < 4.78 is 6.79. The molecule has 1 atom stereocenters. The first-order valence-electron chi connectivity index (χ1n) is 9.39. The van der Waals surface area contributed by atoms with Gasteiger partial charge in [-0.25, -0.2) is 4.68 Å². The Morgan fingerprint density at radius 1 is 1.32 bits per heavy atom. The molecule has 1 aliphatic heterocycles. The van der Waals surface area contributed by atoms with Crippen molar-refractivity contribution in [2.75, 3.05) is 33.3 Å². The van der Waals surface area contributed by atoms with Gasteiger partial charge in [0.05, 0.1) is 24.4 Å². The smallest absolute Gasteiger partial charge is 0.276 e. The molecule has 1 aromatic heterocycles. The van der Waals surface area contributed by atoms with E-state index in [1.165, 1.54) is 0 Å². The van der Waals surface area contributed by atoms with Crippen molar-refractivity contribution in [1.82, 2.24) is 25.2 Å². The van der Waals surface area contributed by atoms with Crippen LogP contribution in [0.4, 0.5) is 0 Å². The summed E-state index contributed by atoms with van der Waals surface area (Å²) in [7, 11) is 1.61. The van der Waals surface area contributed by atoms with Crippen LogP contribution in [0.5, 0.6) is 5.75 Å². The number of carbonyl (C=O) groups excluding carboxylic acids is 2. The Morgan fingerprint density at radius 2 is 2.07 bits per heavy atom. The van der Waals surface area contributed by atoms with Crippen molar-refractivity contribution in [3.63, 3.8) is 0 Å². The van der Waals surface area contributed by atoms with Gasteiger partial charge >= 0.3 is 0 Å². The average molecular weight is 386 g/mol. The molecular weight excluding hydrogens is 360 g/mol. The highest BCUT2D eigenvalue weighted by Gasteiger charge is 2.31. The minimum absolute atomic E-state index is 0.0541. The number of nitrogens with two attached hydrogens (primary N) is 1. The van der Waals surface area contributed by atoms with Crippen molar-refractivity contribution < 1.29 is 14.3 Å². The fourth-order valence-corrected chi connectivity index (χ4v) is 3.36. The third-order valence-electron chi connectivity index (χ3n) is 4.94. The molecule has 9 heteroatoms. The second-order valence-corrected chi connectivity index (χ2v) is 6.80. The van der Waals surface area contributed by atoms with Crippen LogP contribution in [0.15, 0.2) is 24.3 Å². The number of hydrogen-bond donors (Lipinski definition) is 2. The number of piperidine rings is 1. The molecule has 2 amide bonds. The lowest BCUT2D eigenvalue weighted by Gasteiger charge is -2.31. The normalized spacial score (nSPS) is 16.7. The van der Waals surface area contributed by atoms with Crippen LogP contribution in [0, 0.1) is 12.8 Å². The maximum atomic E-state index is 13.0. The van der Waals surface area contributed by atoms with E-state index in [2.05, 4.69) is 15.6 Å². The minimum Gasteiger partial charge on any atom is -0.497 e. The van der Waals surface area contributed by atoms with Gasteiger partial charge in [0.1, 0.15) is 5.75 Å². The number of ether oxygens (including phenoxy) is 1. The molecule has 3 rings (SSSR count). The molecule has 28 heavy (non-hydrogen) atoms. The fourth-order valence-electron chi connectivity index (χ4n) is 3.36.